The first-order chi connectivity index (χ1) is 8.58. The summed E-state index contributed by atoms with van der Waals surface area (Å²) in [4.78, 5) is 0. The van der Waals surface area contributed by atoms with Gasteiger partial charge in [0.25, 0.3) is 0 Å². The molecule has 1 aromatic heterocycles. The minimum atomic E-state index is -0.384. The van der Waals surface area contributed by atoms with Crippen molar-refractivity contribution in [1.82, 2.24) is 4.57 Å². The zero-order valence-electron chi connectivity index (χ0n) is 10.7. The molecule has 0 amide bonds. The van der Waals surface area contributed by atoms with Gasteiger partial charge in [-0.2, -0.15) is 0 Å². The molecular weight excluding hydrogens is 290 g/mol. The second-order valence-electron chi connectivity index (χ2n) is 4.90. The molecule has 1 N–H and O–H groups in total. The first kappa shape index (κ1) is 13.4. The molecular formula is C15H18BrNO. The second kappa shape index (κ2) is 5.72. The molecule has 0 aliphatic heterocycles. The lowest BCUT2D eigenvalue weighted by Crippen LogP contribution is -2.04. The maximum atomic E-state index is 10.0. The van der Waals surface area contributed by atoms with Crippen LogP contribution in [0.2, 0.25) is 0 Å². The van der Waals surface area contributed by atoms with E-state index in [1.54, 1.807) is 0 Å². The number of halogens is 1. The lowest BCUT2D eigenvalue weighted by Gasteiger charge is -2.12. The first-order valence-corrected chi connectivity index (χ1v) is 6.94. The zero-order valence-corrected chi connectivity index (χ0v) is 12.3. The average Bonchev–Trinajstić information content (AvgIpc) is 2.79. The largest absolute Gasteiger partial charge is 0.388 e. The first-order valence-electron chi connectivity index (χ1n) is 6.15. The predicted octanol–water partition coefficient (Wildman–Crippen LogP) is 3.99. The van der Waals surface area contributed by atoms with Gasteiger partial charge in [0.05, 0.1) is 6.10 Å². The minimum absolute atomic E-state index is 0.240. The van der Waals surface area contributed by atoms with Crippen LogP contribution >= 0.6 is 15.9 Å². The molecule has 0 spiro atoms. The zero-order chi connectivity index (χ0) is 13.1. The Kier molecular flexibility index (Phi) is 4.25. The topological polar surface area (TPSA) is 25.2 Å². The Morgan fingerprint density at radius 1 is 1.22 bits per heavy atom. The van der Waals surface area contributed by atoms with Crippen LogP contribution in [0.3, 0.4) is 0 Å². The van der Waals surface area contributed by atoms with Gasteiger partial charge in [-0.25, -0.2) is 0 Å². The van der Waals surface area contributed by atoms with Crippen LogP contribution in [0.15, 0.2) is 47.2 Å². The van der Waals surface area contributed by atoms with Crippen molar-refractivity contribution >= 4 is 15.9 Å². The Balaban J connectivity index is 2.14. The van der Waals surface area contributed by atoms with Crippen LogP contribution in [-0.2, 0) is 6.54 Å². The summed E-state index contributed by atoms with van der Waals surface area (Å²) in [7, 11) is 0. The fraction of sp³-hybridized carbons (Fsp3) is 0.333. The summed E-state index contributed by atoms with van der Waals surface area (Å²) in [5, 5.41) is 10.0. The number of rotatable bonds is 4. The van der Waals surface area contributed by atoms with Gasteiger partial charge in [-0.05, 0) is 29.2 Å². The molecule has 18 heavy (non-hydrogen) atoms. The monoisotopic (exact) mass is 307 g/mol. The summed E-state index contributed by atoms with van der Waals surface area (Å²) in [5.41, 5.74) is 2.22. The molecule has 1 atom stereocenters. The minimum Gasteiger partial charge on any atom is -0.388 e. The van der Waals surface area contributed by atoms with Crippen molar-refractivity contribution in [2.45, 2.75) is 26.5 Å². The Hall–Kier alpha value is -1.06. The summed E-state index contributed by atoms with van der Waals surface area (Å²) in [6, 6.07) is 10.2. The van der Waals surface area contributed by atoms with Crippen molar-refractivity contribution in [2.75, 3.05) is 0 Å². The fourth-order valence-electron chi connectivity index (χ4n) is 1.94. The third-order valence-electron chi connectivity index (χ3n) is 3.06. The van der Waals surface area contributed by atoms with Crippen LogP contribution in [-0.4, -0.2) is 9.67 Å². The molecule has 0 aliphatic rings. The van der Waals surface area contributed by atoms with E-state index in [1.165, 1.54) is 5.56 Å². The van der Waals surface area contributed by atoms with Crippen molar-refractivity contribution in [3.8, 4) is 0 Å². The molecule has 1 unspecified atom stereocenters. The van der Waals surface area contributed by atoms with E-state index >= 15 is 0 Å². The molecule has 2 nitrogen and oxygen atoms in total. The Morgan fingerprint density at radius 3 is 2.61 bits per heavy atom. The van der Waals surface area contributed by atoms with E-state index in [1.807, 2.05) is 50.5 Å². The van der Waals surface area contributed by atoms with Crippen LogP contribution in [0.5, 0.6) is 0 Å². The predicted molar refractivity (Wildman–Crippen MR) is 77.5 cm³/mol. The Bertz CT molecular complexity index is 519. The summed E-state index contributed by atoms with van der Waals surface area (Å²) in [6.45, 7) is 4.86. The smallest absolute Gasteiger partial charge is 0.0827 e. The van der Waals surface area contributed by atoms with Crippen molar-refractivity contribution < 1.29 is 5.11 Å². The van der Waals surface area contributed by atoms with E-state index in [0.29, 0.717) is 0 Å². The molecule has 1 aromatic carbocycles. The highest BCUT2D eigenvalue weighted by molar-refractivity contribution is 9.10. The molecule has 0 aliphatic carbocycles. The van der Waals surface area contributed by atoms with Gasteiger partial charge in [0.1, 0.15) is 0 Å². The SMILES string of the molecule is CC(C)C(O)c1ccn(Cc2ccccc2Br)c1. The molecule has 3 heteroatoms. The van der Waals surface area contributed by atoms with E-state index < -0.39 is 0 Å². The van der Waals surface area contributed by atoms with Crippen LogP contribution in [0.4, 0.5) is 0 Å². The number of benzene rings is 1. The third-order valence-corrected chi connectivity index (χ3v) is 3.83. The van der Waals surface area contributed by atoms with Crippen molar-refractivity contribution in [3.63, 3.8) is 0 Å². The summed E-state index contributed by atoms with van der Waals surface area (Å²) in [5.74, 6) is 0.240. The fourth-order valence-corrected chi connectivity index (χ4v) is 2.35. The lowest BCUT2D eigenvalue weighted by molar-refractivity contribution is 0.127. The maximum absolute atomic E-state index is 10.0. The molecule has 96 valence electrons. The molecule has 1 heterocycles. The van der Waals surface area contributed by atoms with Crippen LogP contribution in [0.25, 0.3) is 0 Å². The highest BCUT2D eigenvalue weighted by Gasteiger charge is 2.13. The van der Waals surface area contributed by atoms with E-state index in [0.717, 1.165) is 16.6 Å². The quantitative estimate of drug-likeness (QED) is 0.908. The maximum Gasteiger partial charge on any atom is 0.0827 e. The van der Waals surface area contributed by atoms with E-state index in [-0.39, 0.29) is 12.0 Å². The van der Waals surface area contributed by atoms with E-state index in [9.17, 15) is 5.11 Å². The van der Waals surface area contributed by atoms with Crippen LogP contribution in [0, 0.1) is 5.92 Å². The van der Waals surface area contributed by atoms with Gasteiger partial charge >= 0.3 is 0 Å². The van der Waals surface area contributed by atoms with Crippen molar-refractivity contribution in [3.05, 3.63) is 58.3 Å². The van der Waals surface area contributed by atoms with Gasteiger partial charge in [-0.15, -0.1) is 0 Å². The lowest BCUT2D eigenvalue weighted by atomic mass is 10.0. The van der Waals surface area contributed by atoms with Crippen molar-refractivity contribution in [1.29, 1.82) is 0 Å². The van der Waals surface area contributed by atoms with Gasteiger partial charge < -0.3 is 9.67 Å². The average molecular weight is 308 g/mol. The van der Waals surface area contributed by atoms with Gasteiger partial charge in [-0.1, -0.05) is 48.0 Å². The summed E-state index contributed by atoms with van der Waals surface area (Å²) in [6.07, 6.45) is 3.65. The number of aliphatic hydroxyl groups is 1. The van der Waals surface area contributed by atoms with Crippen LogP contribution < -0.4 is 0 Å². The van der Waals surface area contributed by atoms with Gasteiger partial charge in [-0.3, -0.25) is 0 Å². The van der Waals surface area contributed by atoms with Crippen LogP contribution in [0.1, 0.15) is 31.1 Å². The number of hydrogen-bond acceptors (Lipinski definition) is 1. The molecule has 0 radical (unpaired) electrons. The molecule has 0 saturated carbocycles. The molecule has 0 saturated heterocycles. The third kappa shape index (κ3) is 3.03. The molecule has 2 rings (SSSR count). The molecule has 2 aromatic rings. The number of aromatic nitrogens is 1. The van der Waals surface area contributed by atoms with E-state index in [2.05, 4.69) is 26.6 Å². The number of hydrogen-bond donors (Lipinski definition) is 1. The Labute approximate surface area is 116 Å². The second-order valence-corrected chi connectivity index (χ2v) is 5.75. The number of aliphatic hydroxyl groups excluding tert-OH is 1. The van der Waals surface area contributed by atoms with Gasteiger partial charge in [0.2, 0.25) is 0 Å². The standard InChI is InChI=1S/C15H18BrNO/c1-11(2)15(18)13-7-8-17(10-13)9-12-5-3-4-6-14(12)16/h3-8,10-11,15,18H,9H2,1-2H3. The number of nitrogens with zero attached hydrogens (tertiary/aromatic N) is 1. The molecule has 0 fully saturated rings. The highest BCUT2D eigenvalue weighted by Crippen LogP contribution is 2.23. The molecule has 0 bridgehead atoms. The Morgan fingerprint density at radius 2 is 1.94 bits per heavy atom. The van der Waals surface area contributed by atoms with Crippen molar-refractivity contribution in [2.24, 2.45) is 5.92 Å². The van der Waals surface area contributed by atoms with Gasteiger partial charge in [0, 0.05) is 23.4 Å². The van der Waals surface area contributed by atoms with Gasteiger partial charge in [0.15, 0.2) is 0 Å². The highest BCUT2D eigenvalue weighted by atomic mass is 79.9. The summed E-state index contributed by atoms with van der Waals surface area (Å²) < 4.78 is 3.21. The normalized spacial score (nSPS) is 12.9. The summed E-state index contributed by atoms with van der Waals surface area (Å²) >= 11 is 3.55. The van der Waals surface area contributed by atoms with E-state index in [4.69, 9.17) is 0 Å².